The van der Waals surface area contributed by atoms with Gasteiger partial charge in [0.05, 0.1) is 12.2 Å². The van der Waals surface area contributed by atoms with Crippen molar-refractivity contribution in [1.29, 1.82) is 0 Å². The number of rotatable bonds is 5. The number of esters is 1. The monoisotopic (exact) mass is 249 g/mol. The number of nitrogens with one attached hydrogen (secondary N) is 1. The molecule has 0 bridgehead atoms. The third-order valence-electron chi connectivity index (χ3n) is 2.60. The molecule has 1 N–H and O–H groups in total. The Labute approximate surface area is 110 Å². The van der Waals surface area contributed by atoms with Gasteiger partial charge in [-0.15, -0.1) is 0 Å². The summed E-state index contributed by atoms with van der Waals surface area (Å²) in [5, 5.41) is 3.35. The Hall–Kier alpha value is -1.51. The number of ether oxygens (including phenoxy) is 1. The Bertz CT molecular complexity index is 376. The molecule has 1 rings (SSSR count). The van der Waals surface area contributed by atoms with Crippen molar-refractivity contribution in [2.45, 2.75) is 34.1 Å². The molecule has 0 aliphatic heterocycles. The molecule has 0 aromatic heterocycles. The fourth-order valence-corrected chi connectivity index (χ4v) is 1.52. The summed E-state index contributed by atoms with van der Waals surface area (Å²) < 4.78 is 4.93. The molecule has 18 heavy (non-hydrogen) atoms. The molecule has 0 amide bonds. The maximum Gasteiger partial charge on any atom is 0.338 e. The lowest BCUT2D eigenvalue weighted by atomic mass is 9.92. The molecule has 1 aromatic carbocycles. The second-order valence-electron chi connectivity index (χ2n) is 5.54. The van der Waals surface area contributed by atoms with Crippen LogP contribution in [-0.2, 0) is 4.74 Å². The zero-order chi connectivity index (χ0) is 13.6. The lowest BCUT2D eigenvalue weighted by Gasteiger charge is -2.18. The second-order valence-corrected chi connectivity index (χ2v) is 5.54. The van der Waals surface area contributed by atoms with Gasteiger partial charge in [-0.3, -0.25) is 0 Å². The van der Waals surface area contributed by atoms with Crippen LogP contribution in [0.1, 0.15) is 44.5 Å². The first-order valence-electron chi connectivity index (χ1n) is 6.43. The number of carbonyl (C=O) groups excluding carboxylic acids is 1. The second kappa shape index (κ2) is 6.43. The van der Waals surface area contributed by atoms with Gasteiger partial charge in [0.15, 0.2) is 0 Å². The topological polar surface area (TPSA) is 38.3 Å². The fraction of sp³-hybridized carbons (Fsp3) is 0.533. The van der Waals surface area contributed by atoms with Gasteiger partial charge in [0, 0.05) is 12.2 Å². The van der Waals surface area contributed by atoms with Crippen LogP contribution in [0.25, 0.3) is 0 Å². The molecule has 0 saturated heterocycles. The summed E-state index contributed by atoms with van der Waals surface area (Å²) in [4.78, 5) is 11.5. The van der Waals surface area contributed by atoms with Gasteiger partial charge in [-0.1, -0.05) is 20.8 Å². The van der Waals surface area contributed by atoms with Crippen LogP contribution >= 0.6 is 0 Å². The highest BCUT2D eigenvalue weighted by molar-refractivity contribution is 5.89. The summed E-state index contributed by atoms with van der Waals surface area (Å²) >= 11 is 0. The summed E-state index contributed by atoms with van der Waals surface area (Å²) in [5.74, 6) is -0.265. The summed E-state index contributed by atoms with van der Waals surface area (Å²) in [6.45, 7) is 9.81. The lowest BCUT2D eigenvalue weighted by molar-refractivity contribution is 0.0526. The molecule has 3 heteroatoms. The molecule has 0 heterocycles. The predicted molar refractivity (Wildman–Crippen MR) is 75.0 cm³/mol. The first-order chi connectivity index (χ1) is 8.42. The van der Waals surface area contributed by atoms with E-state index in [2.05, 4.69) is 26.1 Å². The molecular weight excluding hydrogens is 226 g/mol. The molecule has 0 aliphatic carbocycles. The van der Waals surface area contributed by atoms with E-state index >= 15 is 0 Å². The van der Waals surface area contributed by atoms with E-state index in [-0.39, 0.29) is 5.97 Å². The van der Waals surface area contributed by atoms with E-state index in [1.807, 2.05) is 12.1 Å². The van der Waals surface area contributed by atoms with E-state index in [9.17, 15) is 4.79 Å². The van der Waals surface area contributed by atoms with Crippen molar-refractivity contribution >= 4 is 11.7 Å². The minimum absolute atomic E-state index is 0.265. The van der Waals surface area contributed by atoms with Gasteiger partial charge < -0.3 is 10.1 Å². The van der Waals surface area contributed by atoms with Crippen molar-refractivity contribution in [2.24, 2.45) is 5.41 Å². The van der Waals surface area contributed by atoms with E-state index < -0.39 is 0 Å². The molecule has 100 valence electrons. The third kappa shape index (κ3) is 5.21. The number of benzene rings is 1. The lowest BCUT2D eigenvalue weighted by Crippen LogP contribution is -2.13. The quantitative estimate of drug-likeness (QED) is 0.808. The molecule has 0 aliphatic rings. The number of hydrogen-bond acceptors (Lipinski definition) is 3. The van der Waals surface area contributed by atoms with Crippen molar-refractivity contribution in [3.8, 4) is 0 Å². The van der Waals surface area contributed by atoms with Crippen molar-refractivity contribution in [3.63, 3.8) is 0 Å². The van der Waals surface area contributed by atoms with Gasteiger partial charge in [-0.05, 0) is 43.0 Å². The minimum Gasteiger partial charge on any atom is -0.462 e. The SMILES string of the molecule is CCOC(=O)c1ccc(NCCC(C)(C)C)cc1. The standard InChI is InChI=1S/C15H23NO2/c1-5-18-14(17)12-6-8-13(9-7-12)16-11-10-15(2,3)4/h6-9,16H,5,10-11H2,1-4H3. The Morgan fingerprint density at radius 2 is 1.83 bits per heavy atom. The number of hydrogen-bond donors (Lipinski definition) is 1. The van der Waals surface area contributed by atoms with Crippen LogP contribution in [-0.4, -0.2) is 19.1 Å². The van der Waals surface area contributed by atoms with E-state index in [4.69, 9.17) is 4.74 Å². The van der Waals surface area contributed by atoms with Crippen LogP contribution in [0.4, 0.5) is 5.69 Å². The maximum atomic E-state index is 11.5. The average Bonchev–Trinajstić information content (AvgIpc) is 2.28. The van der Waals surface area contributed by atoms with E-state index in [1.54, 1.807) is 19.1 Å². The Balaban J connectivity index is 2.48. The fourth-order valence-electron chi connectivity index (χ4n) is 1.52. The van der Waals surface area contributed by atoms with Gasteiger partial charge in [-0.2, -0.15) is 0 Å². The van der Waals surface area contributed by atoms with Gasteiger partial charge in [0.2, 0.25) is 0 Å². The Kier molecular flexibility index (Phi) is 5.20. The largest absolute Gasteiger partial charge is 0.462 e. The Morgan fingerprint density at radius 3 is 2.33 bits per heavy atom. The van der Waals surface area contributed by atoms with Crippen molar-refractivity contribution in [2.75, 3.05) is 18.5 Å². The molecule has 0 spiro atoms. The summed E-state index contributed by atoms with van der Waals surface area (Å²) in [5.41, 5.74) is 1.96. The first-order valence-corrected chi connectivity index (χ1v) is 6.43. The molecule has 3 nitrogen and oxygen atoms in total. The molecule has 1 aromatic rings. The van der Waals surface area contributed by atoms with Gasteiger partial charge in [0.25, 0.3) is 0 Å². The smallest absolute Gasteiger partial charge is 0.338 e. The van der Waals surface area contributed by atoms with Crippen LogP contribution in [0.2, 0.25) is 0 Å². The normalized spacial score (nSPS) is 11.1. The maximum absolute atomic E-state index is 11.5. The zero-order valence-electron chi connectivity index (χ0n) is 11.7. The molecule has 0 saturated carbocycles. The summed E-state index contributed by atoms with van der Waals surface area (Å²) in [7, 11) is 0. The van der Waals surface area contributed by atoms with Crippen molar-refractivity contribution < 1.29 is 9.53 Å². The Morgan fingerprint density at radius 1 is 1.22 bits per heavy atom. The van der Waals surface area contributed by atoms with Crippen LogP contribution in [0.3, 0.4) is 0 Å². The highest BCUT2D eigenvalue weighted by Crippen LogP contribution is 2.18. The molecule has 0 unspecified atom stereocenters. The third-order valence-corrected chi connectivity index (χ3v) is 2.60. The minimum atomic E-state index is -0.265. The highest BCUT2D eigenvalue weighted by atomic mass is 16.5. The number of anilines is 1. The van der Waals surface area contributed by atoms with Crippen LogP contribution in [0.5, 0.6) is 0 Å². The number of carbonyl (C=O) groups is 1. The molecule has 0 atom stereocenters. The molecule has 0 radical (unpaired) electrons. The molecular formula is C15H23NO2. The van der Waals surface area contributed by atoms with Crippen molar-refractivity contribution in [1.82, 2.24) is 0 Å². The highest BCUT2D eigenvalue weighted by Gasteiger charge is 2.09. The first kappa shape index (κ1) is 14.6. The summed E-state index contributed by atoms with van der Waals surface area (Å²) in [6, 6.07) is 7.40. The van der Waals surface area contributed by atoms with Gasteiger partial charge in [-0.25, -0.2) is 4.79 Å². The van der Waals surface area contributed by atoms with E-state index in [0.29, 0.717) is 17.6 Å². The van der Waals surface area contributed by atoms with E-state index in [0.717, 1.165) is 18.7 Å². The van der Waals surface area contributed by atoms with E-state index in [1.165, 1.54) is 0 Å². The summed E-state index contributed by atoms with van der Waals surface area (Å²) in [6.07, 6.45) is 1.10. The molecule has 0 fully saturated rings. The van der Waals surface area contributed by atoms with Gasteiger partial charge in [0.1, 0.15) is 0 Å². The predicted octanol–water partition coefficient (Wildman–Crippen LogP) is 3.71. The van der Waals surface area contributed by atoms with Gasteiger partial charge >= 0.3 is 5.97 Å². The zero-order valence-corrected chi connectivity index (χ0v) is 11.7. The van der Waals surface area contributed by atoms with Crippen molar-refractivity contribution in [3.05, 3.63) is 29.8 Å². The van der Waals surface area contributed by atoms with Crippen LogP contribution in [0, 0.1) is 5.41 Å². The van der Waals surface area contributed by atoms with Crippen LogP contribution < -0.4 is 5.32 Å². The van der Waals surface area contributed by atoms with Crippen LogP contribution in [0.15, 0.2) is 24.3 Å². The average molecular weight is 249 g/mol.